The highest BCUT2D eigenvalue weighted by Crippen LogP contribution is 2.20. The first kappa shape index (κ1) is 6.52. The molecule has 0 unspecified atom stereocenters. The highest BCUT2D eigenvalue weighted by Gasteiger charge is 2.15. The van der Waals surface area contributed by atoms with Gasteiger partial charge in [0.15, 0.2) is 0 Å². The number of aliphatic imine (C=N–C) groups is 1. The summed E-state index contributed by atoms with van der Waals surface area (Å²) in [7, 11) is 0. The molecule has 1 aliphatic rings. The van der Waals surface area contributed by atoms with Crippen molar-refractivity contribution in [2.75, 3.05) is 0 Å². The Kier molecular flexibility index (Phi) is 1.27. The van der Waals surface area contributed by atoms with Crippen molar-refractivity contribution in [1.82, 2.24) is 14.8 Å². The first-order valence-corrected chi connectivity index (χ1v) is 3.74. The minimum absolute atomic E-state index is 0.429. The molecule has 11 heavy (non-hydrogen) atoms. The van der Waals surface area contributed by atoms with Crippen LogP contribution >= 0.6 is 0 Å². The minimum Gasteiger partial charge on any atom is -0.290 e. The fraction of sp³-hybridized carbons (Fsp3) is 0.571. The largest absolute Gasteiger partial charge is 0.290 e. The van der Waals surface area contributed by atoms with Crippen LogP contribution in [-0.2, 0) is 6.54 Å². The van der Waals surface area contributed by atoms with Crippen LogP contribution in [0.25, 0.3) is 0 Å². The number of rotatable bonds is 1. The van der Waals surface area contributed by atoms with Crippen LogP contribution in [-0.4, -0.2) is 21.0 Å². The molecule has 0 N–H and O–H groups in total. The molecule has 0 aromatic carbocycles. The Balaban J connectivity index is 2.47. The number of aromatic nitrogens is 3. The van der Waals surface area contributed by atoms with Crippen molar-refractivity contribution in [3.05, 3.63) is 5.82 Å². The van der Waals surface area contributed by atoms with Crippen LogP contribution in [0.3, 0.4) is 0 Å². The Bertz CT molecular complexity index is 297. The molecule has 0 saturated heterocycles. The summed E-state index contributed by atoms with van der Waals surface area (Å²) in [5.41, 5.74) is 0. The molecule has 0 amide bonds. The zero-order valence-electron chi connectivity index (χ0n) is 6.65. The van der Waals surface area contributed by atoms with E-state index in [1.807, 2.05) is 10.8 Å². The Morgan fingerprint density at radius 1 is 1.45 bits per heavy atom. The molecule has 4 heteroatoms. The second-order valence-electron chi connectivity index (χ2n) is 2.94. The van der Waals surface area contributed by atoms with Gasteiger partial charge in [0.05, 0.1) is 6.54 Å². The molecule has 0 saturated carbocycles. The average molecular weight is 150 g/mol. The van der Waals surface area contributed by atoms with Crippen molar-refractivity contribution < 1.29 is 0 Å². The molecule has 1 aromatic heterocycles. The van der Waals surface area contributed by atoms with Crippen LogP contribution < -0.4 is 0 Å². The molecule has 1 aromatic rings. The molecule has 0 aliphatic carbocycles. The van der Waals surface area contributed by atoms with Gasteiger partial charge >= 0.3 is 0 Å². The lowest BCUT2D eigenvalue weighted by Gasteiger charge is -2.02. The van der Waals surface area contributed by atoms with Gasteiger partial charge in [-0.3, -0.25) is 4.57 Å². The lowest BCUT2D eigenvalue weighted by atomic mass is 10.2. The molecule has 0 radical (unpaired) electrons. The standard InChI is InChI=1S/C7H10N4/c1-5(2)6-9-10-7-8-3-4-11(6)7/h3,5H,4H2,1-2H3. The van der Waals surface area contributed by atoms with Crippen molar-refractivity contribution in [2.24, 2.45) is 4.99 Å². The molecule has 0 bridgehead atoms. The summed E-state index contributed by atoms with van der Waals surface area (Å²) < 4.78 is 2.03. The molecular weight excluding hydrogens is 140 g/mol. The van der Waals surface area contributed by atoms with Crippen LogP contribution in [0.2, 0.25) is 0 Å². The van der Waals surface area contributed by atoms with Gasteiger partial charge in [0, 0.05) is 12.1 Å². The molecule has 0 spiro atoms. The van der Waals surface area contributed by atoms with Crippen molar-refractivity contribution in [2.45, 2.75) is 26.3 Å². The van der Waals surface area contributed by atoms with E-state index in [1.54, 1.807) is 0 Å². The van der Waals surface area contributed by atoms with Gasteiger partial charge in [-0.05, 0) is 0 Å². The summed E-state index contributed by atoms with van der Waals surface area (Å²) in [5.74, 6) is 2.20. The van der Waals surface area contributed by atoms with Gasteiger partial charge in [0.25, 0.3) is 5.95 Å². The van der Waals surface area contributed by atoms with E-state index in [9.17, 15) is 0 Å². The maximum Gasteiger partial charge on any atom is 0.250 e. The van der Waals surface area contributed by atoms with Gasteiger partial charge in [-0.25, -0.2) is 4.99 Å². The molecule has 0 fully saturated rings. The second-order valence-corrected chi connectivity index (χ2v) is 2.94. The highest BCUT2D eigenvalue weighted by atomic mass is 15.4. The van der Waals surface area contributed by atoms with Crippen LogP contribution in [0.15, 0.2) is 4.99 Å². The monoisotopic (exact) mass is 150 g/mol. The first-order chi connectivity index (χ1) is 5.29. The smallest absolute Gasteiger partial charge is 0.250 e. The van der Waals surface area contributed by atoms with Gasteiger partial charge in [0.2, 0.25) is 0 Å². The summed E-state index contributed by atoms with van der Waals surface area (Å²) >= 11 is 0. The van der Waals surface area contributed by atoms with E-state index in [-0.39, 0.29) is 0 Å². The number of fused-ring (bicyclic) bond motifs is 1. The zero-order chi connectivity index (χ0) is 7.84. The summed E-state index contributed by atoms with van der Waals surface area (Å²) in [6.45, 7) is 5.04. The first-order valence-electron chi connectivity index (χ1n) is 3.74. The van der Waals surface area contributed by atoms with Gasteiger partial charge in [-0.2, -0.15) is 0 Å². The molecule has 1 aliphatic heterocycles. The van der Waals surface area contributed by atoms with Crippen LogP contribution in [0.5, 0.6) is 0 Å². The SMILES string of the molecule is CC(C)c1nnc2n1CC=N2. The van der Waals surface area contributed by atoms with Crippen molar-refractivity contribution in [3.63, 3.8) is 0 Å². The summed E-state index contributed by atoms with van der Waals surface area (Å²) in [6.07, 6.45) is 1.86. The van der Waals surface area contributed by atoms with Crippen LogP contribution in [0.1, 0.15) is 25.6 Å². The summed E-state index contributed by atoms with van der Waals surface area (Å²) in [5, 5.41) is 7.97. The topological polar surface area (TPSA) is 43.1 Å². The molecular formula is C7H10N4. The predicted octanol–water partition coefficient (Wildman–Crippen LogP) is 1.12. The Morgan fingerprint density at radius 3 is 3.00 bits per heavy atom. The minimum atomic E-state index is 0.429. The van der Waals surface area contributed by atoms with E-state index >= 15 is 0 Å². The van der Waals surface area contributed by atoms with E-state index in [0.29, 0.717) is 5.92 Å². The highest BCUT2D eigenvalue weighted by molar-refractivity contribution is 5.65. The summed E-state index contributed by atoms with van der Waals surface area (Å²) in [4.78, 5) is 4.07. The van der Waals surface area contributed by atoms with Crippen molar-refractivity contribution in [1.29, 1.82) is 0 Å². The fourth-order valence-corrected chi connectivity index (χ4v) is 1.21. The van der Waals surface area contributed by atoms with E-state index in [2.05, 4.69) is 29.0 Å². The number of hydrogen-bond donors (Lipinski definition) is 0. The average Bonchev–Trinajstić information content (AvgIpc) is 2.41. The lowest BCUT2D eigenvalue weighted by molar-refractivity contribution is 0.702. The van der Waals surface area contributed by atoms with E-state index in [1.165, 1.54) is 0 Å². The van der Waals surface area contributed by atoms with Gasteiger partial charge < -0.3 is 0 Å². The van der Waals surface area contributed by atoms with Crippen molar-refractivity contribution >= 4 is 12.2 Å². The predicted molar refractivity (Wildman–Crippen MR) is 42.3 cm³/mol. The Morgan fingerprint density at radius 2 is 2.27 bits per heavy atom. The normalized spacial score (nSPS) is 14.5. The van der Waals surface area contributed by atoms with Gasteiger partial charge in [-0.15, -0.1) is 10.2 Å². The zero-order valence-corrected chi connectivity index (χ0v) is 6.65. The van der Waals surface area contributed by atoms with E-state index in [4.69, 9.17) is 0 Å². The third-order valence-electron chi connectivity index (χ3n) is 1.75. The third-order valence-corrected chi connectivity index (χ3v) is 1.75. The maximum absolute atomic E-state index is 4.07. The van der Waals surface area contributed by atoms with Gasteiger partial charge in [-0.1, -0.05) is 13.8 Å². The molecule has 4 nitrogen and oxygen atoms in total. The maximum atomic E-state index is 4.07. The Hall–Kier alpha value is -1.19. The Labute approximate surface area is 65.0 Å². The fourth-order valence-electron chi connectivity index (χ4n) is 1.21. The third kappa shape index (κ3) is 0.859. The molecule has 58 valence electrons. The molecule has 2 heterocycles. The number of hydrogen-bond acceptors (Lipinski definition) is 3. The van der Waals surface area contributed by atoms with Crippen molar-refractivity contribution in [3.8, 4) is 0 Å². The number of nitrogens with zero attached hydrogens (tertiary/aromatic N) is 4. The molecule has 2 rings (SSSR count). The van der Waals surface area contributed by atoms with E-state index in [0.717, 1.165) is 18.3 Å². The van der Waals surface area contributed by atoms with E-state index < -0.39 is 0 Å². The second kappa shape index (κ2) is 2.15. The molecule has 0 atom stereocenters. The lowest BCUT2D eigenvalue weighted by Crippen LogP contribution is -2.02. The summed E-state index contributed by atoms with van der Waals surface area (Å²) in [6, 6.07) is 0. The van der Waals surface area contributed by atoms with Crippen LogP contribution in [0, 0.1) is 0 Å². The quantitative estimate of drug-likeness (QED) is 0.602. The van der Waals surface area contributed by atoms with Crippen LogP contribution in [0.4, 0.5) is 5.95 Å². The van der Waals surface area contributed by atoms with Gasteiger partial charge in [0.1, 0.15) is 5.82 Å².